The minimum atomic E-state index is -3.01. The second-order valence-corrected chi connectivity index (χ2v) is 13.6. The van der Waals surface area contributed by atoms with E-state index in [1.165, 1.54) is 23.6 Å². The summed E-state index contributed by atoms with van der Waals surface area (Å²) >= 11 is 4.14. The molecule has 0 amide bonds. The summed E-state index contributed by atoms with van der Waals surface area (Å²) in [5, 5.41) is 7.08. The van der Waals surface area contributed by atoms with E-state index in [4.69, 9.17) is 16.3 Å². The van der Waals surface area contributed by atoms with Crippen molar-refractivity contribution >= 4 is 50.2 Å². The zero-order valence-corrected chi connectivity index (χ0v) is 24.6. The summed E-state index contributed by atoms with van der Waals surface area (Å²) in [5.41, 5.74) is 3.07. The van der Waals surface area contributed by atoms with Crippen LogP contribution < -0.4 is 20.1 Å². The molecule has 2 aromatic rings. The smallest absolute Gasteiger partial charge is 0.229 e. The number of anilines is 3. The van der Waals surface area contributed by atoms with E-state index in [1.807, 2.05) is 12.1 Å². The maximum absolute atomic E-state index is 11.6. The molecule has 2 heterocycles. The molecule has 1 saturated carbocycles. The fraction of sp³-hybridized carbons (Fsp3) is 0.600. The molecule has 216 valence electrons. The highest BCUT2D eigenvalue weighted by molar-refractivity contribution is 7.90. The Hall–Kier alpha value is -2.03. The SMILES string of the molecule is COc1cc2c(cc1Nc1ncc(Cl)c(N[C@@H]3CCCC[C@@H]3CNS(=O)[O-])n1)CCN(CCS(C)(=O)=O)CC2. The first kappa shape index (κ1) is 29.9. The monoisotopic (exact) mass is 599 g/mol. The lowest BCUT2D eigenvalue weighted by atomic mass is 9.84. The standard InChI is InChI=1S/C25H37ClN6O5S2/c1-37-23-14-18-8-10-32(11-12-39(2,35)36)9-7-17(18)13-22(23)30-25-27-16-20(26)24(31-25)29-21-6-4-3-5-19(21)15-28-38(33)34/h13-14,16,19,21,28H,3-12,15H2,1-2H3,(H,33,34)(H2,27,29,30,31)/p-1/t19-,21-/m1/s1. The molecule has 1 aromatic heterocycles. The number of hydrogen-bond acceptors (Lipinski definition) is 10. The van der Waals surface area contributed by atoms with E-state index in [0.717, 1.165) is 57.3 Å². The molecule has 4 rings (SSSR count). The number of halogens is 1. The molecule has 0 bridgehead atoms. The Bertz CT molecular complexity index is 1280. The molecule has 0 saturated heterocycles. The van der Waals surface area contributed by atoms with E-state index in [0.29, 0.717) is 35.6 Å². The van der Waals surface area contributed by atoms with E-state index in [2.05, 4.69) is 30.2 Å². The number of benzene rings is 1. The van der Waals surface area contributed by atoms with Crippen LogP contribution in [0.4, 0.5) is 17.5 Å². The third-order valence-electron chi connectivity index (χ3n) is 7.38. The highest BCUT2D eigenvalue weighted by Crippen LogP contribution is 2.34. The normalized spacial score (nSPS) is 21.0. The van der Waals surface area contributed by atoms with Crippen LogP contribution in [0, 0.1) is 5.92 Å². The van der Waals surface area contributed by atoms with Gasteiger partial charge in [0, 0.05) is 49.7 Å². The van der Waals surface area contributed by atoms with Gasteiger partial charge in [0.2, 0.25) is 5.95 Å². The highest BCUT2D eigenvalue weighted by Gasteiger charge is 2.26. The zero-order chi connectivity index (χ0) is 28.0. The Balaban J connectivity index is 1.48. The first-order valence-corrected chi connectivity index (χ1v) is 16.6. The molecule has 0 radical (unpaired) electrons. The van der Waals surface area contributed by atoms with Gasteiger partial charge in [0.25, 0.3) is 0 Å². The number of methoxy groups -OCH3 is 1. The quantitative estimate of drug-likeness (QED) is 0.329. The van der Waals surface area contributed by atoms with Crippen molar-refractivity contribution in [2.75, 3.05) is 55.9 Å². The van der Waals surface area contributed by atoms with E-state index >= 15 is 0 Å². The summed E-state index contributed by atoms with van der Waals surface area (Å²) in [7, 11) is -1.39. The summed E-state index contributed by atoms with van der Waals surface area (Å²) in [6.07, 6.45) is 8.29. The van der Waals surface area contributed by atoms with Crippen LogP contribution in [0.15, 0.2) is 18.3 Å². The molecular formula is C25H36ClN6O5S2-. The molecule has 3 atom stereocenters. The van der Waals surface area contributed by atoms with Crippen LogP contribution in [0.5, 0.6) is 5.75 Å². The number of hydrogen-bond donors (Lipinski definition) is 3. The van der Waals surface area contributed by atoms with Crippen molar-refractivity contribution in [3.8, 4) is 5.75 Å². The predicted octanol–water partition coefficient (Wildman–Crippen LogP) is 2.68. The van der Waals surface area contributed by atoms with Crippen LogP contribution in [0.3, 0.4) is 0 Å². The minimum Gasteiger partial charge on any atom is -0.760 e. The van der Waals surface area contributed by atoms with Crippen molar-refractivity contribution in [1.82, 2.24) is 19.6 Å². The van der Waals surface area contributed by atoms with E-state index in [9.17, 15) is 17.2 Å². The average molecular weight is 600 g/mol. The molecule has 11 nitrogen and oxygen atoms in total. The number of rotatable bonds is 11. The molecule has 0 spiro atoms. The van der Waals surface area contributed by atoms with Crippen molar-refractivity contribution in [2.45, 2.75) is 44.6 Å². The largest absolute Gasteiger partial charge is 0.760 e. The average Bonchev–Trinajstić information content (AvgIpc) is 3.09. The van der Waals surface area contributed by atoms with Crippen LogP contribution in [0.2, 0.25) is 5.02 Å². The molecule has 2 aliphatic rings. The van der Waals surface area contributed by atoms with Crippen molar-refractivity contribution in [2.24, 2.45) is 5.92 Å². The Kier molecular flexibility index (Phi) is 10.4. The first-order chi connectivity index (χ1) is 18.6. The Morgan fingerprint density at radius 2 is 1.92 bits per heavy atom. The molecule has 1 fully saturated rings. The van der Waals surface area contributed by atoms with E-state index in [1.54, 1.807) is 7.11 Å². The topological polar surface area (TPSA) is 149 Å². The van der Waals surface area contributed by atoms with Gasteiger partial charge < -0.3 is 24.8 Å². The van der Waals surface area contributed by atoms with Gasteiger partial charge >= 0.3 is 0 Å². The molecule has 1 unspecified atom stereocenters. The number of fused-ring (bicyclic) bond motifs is 1. The van der Waals surface area contributed by atoms with Crippen LogP contribution in [-0.4, -0.2) is 83.4 Å². The van der Waals surface area contributed by atoms with Gasteiger partial charge in [0.05, 0.1) is 24.7 Å². The lowest BCUT2D eigenvalue weighted by molar-refractivity contribution is 0.304. The van der Waals surface area contributed by atoms with E-state index < -0.39 is 21.1 Å². The van der Waals surface area contributed by atoms with Crippen molar-refractivity contribution < 1.29 is 21.9 Å². The summed E-state index contributed by atoms with van der Waals surface area (Å²) in [4.78, 5) is 11.2. The Morgan fingerprint density at radius 3 is 2.62 bits per heavy atom. The van der Waals surface area contributed by atoms with Crippen LogP contribution in [0.25, 0.3) is 0 Å². The second-order valence-electron chi connectivity index (χ2n) is 10.2. The molecule has 3 N–H and O–H groups in total. The fourth-order valence-corrected chi connectivity index (χ4v) is 6.31. The third-order valence-corrected chi connectivity index (χ3v) is 8.98. The number of nitrogens with one attached hydrogen (secondary N) is 3. The lowest BCUT2D eigenvalue weighted by Crippen LogP contribution is -2.39. The fourth-order valence-electron chi connectivity index (χ4n) is 5.23. The predicted molar refractivity (Wildman–Crippen MR) is 153 cm³/mol. The Morgan fingerprint density at radius 1 is 1.21 bits per heavy atom. The third kappa shape index (κ3) is 8.73. The zero-order valence-electron chi connectivity index (χ0n) is 22.2. The molecule has 39 heavy (non-hydrogen) atoms. The highest BCUT2D eigenvalue weighted by atomic mass is 35.5. The lowest BCUT2D eigenvalue weighted by Gasteiger charge is -2.33. The van der Waals surface area contributed by atoms with E-state index in [-0.39, 0.29) is 17.7 Å². The molecule has 1 aromatic carbocycles. The van der Waals surface area contributed by atoms with Crippen LogP contribution in [-0.2, 0) is 33.9 Å². The van der Waals surface area contributed by atoms with Gasteiger partial charge in [-0.25, -0.2) is 18.1 Å². The molecular weight excluding hydrogens is 564 g/mol. The van der Waals surface area contributed by atoms with Gasteiger partial charge in [-0.05, 0) is 54.9 Å². The summed E-state index contributed by atoms with van der Waals surface area (Å²) < 4.78 is 53.4. The molecule has 1 aliphatic heterocycles. The Labute approximate surface area is 237 Å². The molecule has 14 heteroatoms. The summed E-state index contributed by atoms with van der Waals surface area (Å²) in [5.74, 6) is 1.79. The van der Waals surface area contributed by atoms with Gasteiger partial charge in [0.15, 0.2) is 5.82 Å². The number of ether oxygens (including phenoxy) is 1. The van der Waals surface area contributed by atoms with Crippen LogP contribution in [0.1, 0.15) is 36.8 Å². The van der Waals surface area contributed by atoms with Gasteiger partial charge in [-0.15, -0.1) is 0 Å². The maximum Gasteiger partial charge on any atom is 0.229 e. The number of sulfone groups is 1. The van der Waals surface area contributed by atoms with Gasteiger partial charge in [-0.1, -0.05) is 24.4 Å². The number of aromatic nitrogens is 2. The van der Waals surface area contributed by atoms with Gasteiger partial charge in [0.1, 0.15) is 20.6 Å². The first-order valence-electron chi connectivity index (χ1n) is 13.1. The second kappa shape index (κ2) is 13.6. The summed E-state index contributed by atoms with van der Waals surface area (Å²) in [6, 6.07) is 4.10. The molecule has 1 aliphatic carbocycles. The van der Waals surface area contributed by atoms with Crippen molar-refractivity contribution in [3.05, 3.63) is 34.5 Å². The maximum atomic E-state index is 11.6. The van der Waals surface area contributed by atoms with Crippen molar-refractivity contribution in [1.29, 1.82) is 0 Å². The van der Waals surface area contributed by atoms with Gasteiger partial charge in [-0.3, -0.25) is 4.21 Å². The number of nitrogens with zero attached hydrogens (tertiary/aromatic N) is 3. The van der Waals surface area contributed by atoms with Crippen LogP contribution >= 0.6 is 11.6 Å². The minimum absolute atomic E-state index is 0.0303. The summed E-state index contributed by atoms with van der Waals surface area (Å²) in [6.45, 7) is 2.45. The van der Waals surface area contributed by atoms with Crippen molar-refractivity contribution in [3.63, 3.8) is 0 Å². The van der Waals surface area contributed by atoms with Gasteiger partial charge in [-0.2, -0.15) is 4.98 Å².